The average Bonchev–Trinajstić information content (AvgIpc) is 2.78. The molecule has 1 fully saturated rings. The van der Waals surface area contributed by atoms with Gasteiger partial charge in [-0.1, -0.05) is 30.3 Å². The minimum Gasteiger partial charge on any atom is -0.351 e. The molecule has 0 spiro atoms. The van der Waals surface area contributed by atoms with E-state index in [2.05, 4.69) is 11.5 Å². The molecule has 0 aromatic heterocycles. The van der Waals surface area contributed by atoms with Crippen molar-refractivity contribution in [1.82, 2.24) is 10.2 Å². The van der Waals surface area contributed by atoms with Crippen LogP contribution in [0.4, 0.5) is 0 Å². The Hall–Kier alpha value is -2.02. The van der Waals surface area contributed by atoms with E-state index in [1.807, 2.05) is 30.3 Å². The van der Waals surface area contributed by atoms with E-state index in [-0.39, 0.29) is 11.9 Å². The quantitative estimate of drug-likeness (QED) is 0.783. The first-order valence-electron chi connectivity index (χ1n) is 5.76. The largest absolute Gasteiger partial charge is 0.351 e. The van der Waals surface area contributed by atoms with E-state index in [4.69, 9.17) is 5.26 Å². The lowest BCUT2D eigenvalue weighted by Crippen LogP contribution is -2.37. The van der Waals surface area contributed by atoms with Crippen LogP contribution in [0.15, 0.2) is 30.3 Å². The highest BCUT2D eigenvalue weighted by Crippen LogP contribution is 2.08. The highest BCUT2D eigenvalue weighted by molar-refractivity contribution is 5.78. The van der Waals surface area contributed by atoms with Crippen molar-refractivity contribution in [3.05, 3.63) is 35.9 Å². The molecule has 0 saturated carbocycles. The fourth-order valence-electron chi connectivity index (χ4n) is 2.03. The number of likely N-dealkylation sites (tertiary alicyclic amines) is 1. The second-order valence-electron chi connectivity index (χ2n) is 4.26. The molecule has 1 aromatic carbocycles. The molecule has 0 aliphatic carbocycles. The Balaban J connectivity index is 1.81. The summed E-state index contributed by atoms with van der Waals surface area (Å²) in [5, 5.41) is 11.7. The Morgan fingerprint density at radius 1 is 1.47 bits per heavy atom. The third kappa shape index (κ3) is 3.22. The Kier molecular flexibility index (Phi) is 3.61. The van der Waals surface area contributed by atoms with Gasteiger partial charge in [-0.05, 0) is 12.0 Å². The maximum absolute atomic E-state index is 11.8. The molecule has 1 amide bonds. The van der Waals surface area contributed by atoms with E-state index >= 15 is 0 Å². The molecule has 17 heavy (non-hydrogen) atoms. The Bertz CT molecular complexity index is 424. The number of carbonyl (C=O) groups excluding carboxylic acids is 1. The molecule has 0 bridgehead atoms. The molecule has 1 aromatic rings. The van der Waals surface area contributed by atoms with Crippen molar-refractivity contribution in [2.75, 3.05) is 13.1 Å². The maximum Gasteiger partial charge on any atom is 0.224 e. The summed E-state index contributed by atoms with van der Waals surface area (Å²) in [6, 6.07) is 9.78. The first-order chi connectivity index (χ1) is 8.28. The first-order valence-corrected chi connectivity index (χ1v) is 5.76. The second-order valence-corrected chi connectivity index (χ2v) is 4.26. The number of nitriles is 1. The summed E-state index contributed by atoms with van der Waals surface area (Å²) < 4.78 is 0. The molecule has 0 radical (unpaired) electrons. The molecule has 2 rings (SSSR count). The van der Waals surface area contributed by atoms with Gasteiger partial charge in [-0.2, -0.15) is 5.26 Å². The van der Waals surface area contributed by atoms with Crippen molar-refractivity contribution in [2.24, 2.45) is 0 Å². The number of nitrogens with one attached hydrogen (secondary N) is 1. The molecule has 1 heterocycles. The average molecular weight is 229 g/mol. The standard InChI is InChI=1S/C13H15N3O/c14-10-16-7-6-12(9-16)15-13(17)8-11-4-2-1-3-5-11/h1-5,12H,6-9H2,(H,15,17). The fraction of sp³-hybridized carbons (Fsp3) is 0.385. The number of hydrogen-bond donors (Lipinski definition) is 1. The lowest BCUT2D eigenvalue weighted by molar-refractivity contribution is -0.121. The number of benzene rings is 1. The van der Waals surface area contributed by atoms with Crippen LogP contribution in [0.5, 0.6) is 0 Å². The summed E-state index contributed by atoms with van der Waals surface area (Å²) in [6.45, 7) is 1.38. The van der Waals surface area contributed by atoms with Crippen LogP contribution in [-0.4, -0.2) is 29.9 Å². The van der Waals surface area contributed by atoms with Gasteiger partial charge in [0.05, 0.1) is 6.42 Å². The molecule has 4 heteroatoms. The van der Waals surface area contributed by atoms with Gasteiger partial charge in [0, 0.05) is 19.1 Å². The van der Waals surface area contributed by atoms with E-state index in [1.54, 1.807) is 4.90 Å². The maximum atomic E-state index is 11.8. The van der Waals surface area contributed by atoms with Crippen LogP contribution in [0.2, 0.25) is 0 Å². The number of nitrogens with zero attached hydrogens (tertiary/aromatic N) is 2. The van der Waals surface area contributed by atoms with Gasteiger partial charge in [-0.15, -0.1) is 0 Å². The van der Waals surface area contributed by atoms with E-state index in [0.717, 1.165) is 18.5 Å². The van der Waals surface area contributed by atoms with Gasteiger partial charge in [0.25, 0.3) is 0 Å². The zero-order valence-electron chi connectivity index (χ0n) is 9.60. The molecule has 4 nitrogen and oxygen atoms in total. The van der Waals surface area contributed by atoms with E-state index < -0.39 is 0 Å². The minimum absolute atomic E-state index is 0.0287. The van der Waals surface area contributed by atoms with Crippen molar-refractivity contribution in [3.63, 3.8) is 0 Å². The van der Waals surface area contributed by atoms with Crippen LogP contribution >= 0.6 is 0 Å². The number of hydrogen-bond acceptors (Lipinski definition) is 3. The monoisotopic (exact) mass is 229 g/mol. The van der Waals surface area contributed by atoms with Gasteiger partial charge in [-0.25, -0.2) is 0 Å². The lowest BCUT2D eigenvalue weighted by Gasteiger charge is -2.12. The number of amides is 1. The predicted octanol–water partition coefficient (Wildman–Crippen LogP) is 0.901. The molecule has 1 N–H and O–H groups in total. The summed E-state index contributed by atoms with van der Waals surface area (Å²) in [4.78, 5) is 13.4. The third-order valence-electron chi connectivity index (χ3n) is 2.90. The van der Waals surface area contributed by atoms with Gasteiger partial charge in [0.15, 0.2) is 6.19 Å². The van der Waals surface area contributed by atoms with Crippen LogP contribution in [0, 0.1) is 11.5 Å². The molecule has 1 unspecified atom stereocenters. The number of rotatable bonds is 3. The lowest BCUT2D eigenvalue weighted by atomic mass is 10.1. The van der Waals surface area contributed by atoms with E-state index in [0.29, 0.717) is 13.0 Å². The molecule has 1 aliphatic heterocycles. The predicted molar refractivity (Wildman–Crippen MR) is 63.9 cm³/mol. The molecular weight excluding hydrogens is 214 g/mol. The normalized spacial score (nSPS) is 18.8. The highest BCUT2D eigenvalue weighted by Gasteiger charge is 2.22. The van der Waals surface area contributed by atoms with E-state index in [9.17, 15) is 4.79 Å². The molecule has 1 aliphatic rings. The van der Waals surface area contributed by atoms with Crippen molar-refractivity contribution in [2.45, 2.75) is 18.9 Å². The third-order valence-corrected chi connectivity index (χ3v) is 2.90. The topological polar surface area (TPSA) is 56.1 Å². The molecule has 1 atom stereocenters. The van der Waals surface area contributed by atoms with Gasteiger partial charge in [-0.3, -0.25) is 4.79 Å². The van der Waals surface area contributed by atoms with Crippen molar-refractivity contribution >= 4 is 5.91 Å². The Labute approximate surface area is 101 Å². The van der Waals surface area contributed by atoms with Crippen LogP contribution in [0.1, 0.15) is 12.0 Å². The molecular formula is C13H15N3O. The fourth-order valence-corrected chi connectivity index (χ4v) is 2.03. The minimum atomic E-state index is 0.0287. The van der Waals surface area contributed by atoms with Crippen LogP contribution in [0.3, 0.4) is 0 Å². The van der Waals surface area contributed by atoms with Crippen LogP contribution in [-0.2, 0) is 11.2 Å². The van der Waals surface area contributed by atoms with Crippen molar-refractivity contribution in [1.29, 1.82) is 5.26 Å². The van der Waals surface area contributed by atoms with Gasteiger partial charge < -0.3 is 10.2 Å². The van der Waals surface area contributed by atoms with Crippen LogP contribution in [0.25, 0.3) is 0 Å². The SMILES string of the molecule is N#CN1CCC(NC(=O)Cc2ccccc2)C1. The Morgan fingerprint density at radius 2 is 2.24 bits per heavy atom. The highest BCUT2D eigenvalue weighted by atomic mass is 16.1. The molecule has 1 saturated heterocycles. The van der Waals surface area contributed by atoms with E-state index in [1.165, 1.54) is 0 Å². The smallest absolute Gasteiger partial charge is 0.224 e. The van der Waals surface area contributed by atoms with Crippen molar-refractivity contribution in [3.8, 4) is 6.19 Å². The summed E-state index contributed by atoms with van der Waals surface area (Å²) >= 11 is 0. The summed E-state index contributed by atoms with van der Waals surface area (Å²) in [5.41, 5.74) is 1.01. The number of carbonyl (C=O) groups is 1. The summed E-state index contributed by atoms with van der Waals surface area (Å²) in [6.07, 6.45) is 3.36. The molecule has 88 valence electrons. The zero-order valence-corrected chi connectivity index (χ0v) is 9.60. The second kappa shape index (κ2) is 5.35. The van der Waals surface area contributed by atoms with Crippen molar-refractivity contribution < 1.29 is 4.79 Å². The summed E-state index contributed by atoms with van der Waals surface area (Å²) in [7, 11) is 0. The van der Waals surface area contributed by atoms with Gasteiger partial charge in [0.1, 0.15) is 0 Å². The van der Waals surface area contributed by atoms with Gasteiger partial charge in [0.2, 0.25) is 5.91 Å². The zero-order chi connectivity index (χ0) is 12.1. The Morgan fingerprint density at radius 3 is 2.88 bits per heavy atom. The van der Waals surface area contributed by atoms with Gasteiger partial charge >= 0.3 is 0 Å². The first kappa shape index (κ1) is 11.5. The van der Waals surface area contributed by atoms with Crippen LogP contribution < -0.4 is 5.32 Å². The summed E-state index contributed by atoms with van der Waals surface area (Å²) in [5.74, 6) is 0.0287.